The van der Waals surface area contributed by atoms with E-state index in [1.807, 2.05) is 12.1 Å². The lowest BCUT2D eigenvalue weighted by molar-refractivity contribution is -0.385. The third-order valence-corrected chi connectivity index (χ3v) is 4.81. The minimum atomic E-state index is -1.07. The molecule has 0 saturated carbocycles. The van der Waals surface area contributed by atoms with Gasteiger partial charge in [-0.05, 0) is 44.2 Å². The molecule has 2 aromatic rings. The summed E-state index contributed by atoms with van der Waals surface area (Å²) in [4.78, 5) is 37.3. The summed E-state index contributed by atoms with van der Waals surface area (Å²) in [5, 5.41) is 13.7. The van der Waals surface area contributed by atoms with Crippen LogP contribution in [-0.4, -0.2) is 49.2 Å². The highest BCUT2D eigenvalue weighted by Gasteiger charge is 2.21. The lowest BCUT2D eigenvalue weighted by Crippen LogP contribution is -2.36. The van der Waals surface area contributed by atoms with Gasteiger partial charge in [-0.15, -0.1) is 0 Å². The zero-order chi connectivity index (χ0) is 21.7. The van der Waals surface area contributed by atoms with E-state index in [1.54, 1.807) is 19.1 Å². The normalized spacial score (nSPS) is 14.7. The fraction of sp³-hybridized carbons (Fsp3) is 0.333. The first-order valence-electron chi connectivity index (χ1n) is 9.55. The van der Waals surface area contributed by atoms with Gasteiger partial charge < -0.3 is 19.7 Å². The summed E-state index contributed by atoms with van der Waals surface area (Å²) >= 11 is 0. The Morgan fingerprint density at radius 2 is 1.83 bits per heavy atom. The summed E-state index contributed by atoms with van der Waals surface area (Å²) in [7, 11) is 0. The Kier molecular flexibility index (Phi) is 6.63. The number of anilines is 2. The molecule has 0 bridgehead atoms. The van der Waals surface area contributed by atoms with Crippen LogP contribution in [0.5, 0.6) is 0 Å². The first-order chi connectivity index (χ1) is 14.3. The second-order valence-electron chi connectivity index (χ2n) is 6.94. The zero-order valence-electron chi connectivity index (χ0n) is 16.8. The van der Waals surface area contributed by atoms with Crippen LogP contribution < -0.4 is 10.2 Å². The van der Waals surface area contributed by atoms with Crippen LogP contribution in [0.15, 0.2) is 42.5 Å². The number of nitrogens with one attached hydrogen (secondary N) is 1. The molecule has 0 aromatic heterocycles. The molecule has 0 radical (unpaired) electrons. The number of carbonyl (C=O) groups excluding carboxylic acids is 2. The molecular formula is C21H23N3O6. The highest BCUT2D eigenvalue weighted by molar-refractivity contribution is 5.97. The lowest BCUT2D eigenvalue weighted by atomic mass is 10.1. The maximum absolute atomic E-state index is 12.4. The largest absolute Gasteiger partial charge is 0.449 e. The van der Waals surface area contributed by atoms with Gasteiger partial charge in [-0.25, -0.2) is 4.79 Å². The number of benzene rings is 2. The van der Waals surface area contributed by atoms with Crippen LogP contribution in [0, 0.1) is 17.0 Å². The van der Waals surface area contributed by atoms with Crippen LogP contribution in [0.25, 0.3) is 0 Å². The second-order valence-corrected chi connectivity index (χ2v) is 6.94. The number of carbonyl (C=O) groups is 2. The molecule has 1 saturated heterocycles. The molecule has 30 heavy (non-hydrogen) atoms. The Morgan fingerprint density at radius 3 is 2.47 bits per heavy atom. The SMILES string of the molecule is Cc1ccc(C(=O)O[C@H](C)C(=O)Nc2ccc(N3CCOCC3)cc2)cc1[N+](=O)[O-]. The van der Waals surface area contributed by atoms with Gasteiger partial charge in [0.1, 0.15) is 0 Å². The molecule has 1 aliphatic heterocycles. The second kappa shape index (κ2) is 9.36. The number of hydrogen-bond acceptors (Lipinski definition) is 7. The molecule has 0 spiro atoms. The van der Waals surface area contributed by atoms with Gasteiger partial charge in [-0.2, -0.15) is 0 Å². The standard InChI is InChI=1S/C21H23N3O6/c1-14-3-4-16(13-19(14)24(27)28)21(26)30-15(2)20(25)22-17-5-7-18(8-6-17)23-9-11-29-12-10-23/h3-8,13,15H,9-12H2,1-2H3,(H,22,25)/t15-/m1/s1. The summed E-state index contributed by atoms with van der Waals surface area (Å²) in [6.45, 7) is 6.02. The monoisotopic (exact) mass is 413 g/mol. The number of ether oxygens (including phenoxy) is 2. The molecular weight excluding hydrogens is 390 g/mol. The summed E-state index contributed by atoms with van der Waals surface area (Å²) < 4.78 is 10.5. The van der Waals surface area contributed by atoms with E-state index in [9.17, 15) is 19.7 Å². The van der Waals surface area contributed by atoms with Gasteiger partial charge in [0.25, 0.3) is 11.6 Å². The van der Waals surface area contributed by atoms with E-state index in [4.69, 9.17) is 9.47 Å². The molecule has 9 heteroatoms. The van der Waals surface area contributed by atoms with Crippen molar-refractivity contribution in [1.82, 2.24) is 0 Å². The van der Waals surface area contributed by atoms with Crippen molar-refractivity contribution in [3.05, 3.63) is 63.7 Å². The van der Waals surface area contributed by atoms with Gasteiger partial charge in [0.2, 0.25) is 0 Å². The summed E-state index contributed by atoms with van der Waals surface area (Å²) in [6.07, 6.45) is -1.07. The van der Waals surface area contributed by atoms with Crippen molar-refractivity contribution in [2.45, 2.75) is 20.0 Å². The molecule has 0 aliphatic carbocycles. The molecule has 9 nitrogen and oxygen atoms in total. The fourth-order valence-electron chi connectivity index (χ4n) is 3.04. The molecule has 1 fully saturated rings. The van der Waals surface area contributed by atoms with E-state index in [1.165, 1.54) is 19.1 Å². The number of nitro groups is 1. The molecule has 3 rings (SSSR count). The Labute approximate surface area is 173 Å². The number of esters is 1. The number of morpholine rings is 1. The van der Waals surface area contributed by atoms with E-state index in [0.29, 0.717) is 24.5 Å². The van der Waals surface area contributed by atoms with Gasteiger partial charge in [0.05, 0.1) is 23.7 Å². The lowest BCUT2D eigenvalue weighted by Gasteiger charge is -2.28. The molecule has 2 aromatic carbocycles. The average molecular weight is 413 g/mol. The van der Waals surface area contributed by atoms with E-state index in [0.717, 1.165) is 24.8 Å². The maximum atomic E-state index is 12.4. The molecule has 1 N–H and O–H groups in total. The number of amides is 1. The number of nitrogens with zero attached hydrogens (tertiary/aromatic N) is 2. The highest BCUT2D eigenvalue weighted by Crippen LogP contribution is 2.21. The van der Waals surface area contributed by atoms with Crippen molar-refractivity contribution in [1.29, 1.82) is 0 Å². The molecule has 1 aliphatic rings. The van der Waals surface area contributed by atoms with Gasteiger partial charge in [0.15, 0.2) is 6.10 Å². The number of nitro benzene ring substituents is 1. The Morgan fingerprint density at radius 1 is 1.17 bits per heavy atom. The van der Waals surface area contributed by atoms with E-state index in [2.05, 4.69) is 10.2 Å². The minimum absolute atomic E-state index is 0.0156. The van der Waals surface area contributed by atoms with Crippen molar-refractivity contribution in [3.8, 4) is 0 Å². The van der Waals surface area contributed by atoms with Crippen LogP contribution in [-0.2, 0) is 14.3 Å². The Bertz CT molecular complexity index is 938. The predicted octanol–water partition coefficient (Wildman–Crippen LogP) is 2.92. The van der Waals surface area contributed by atoms with Crippen LogP contribution in [0.1, 0.15) is 22.8 Å². The Hall–Kier alpha value is -3.46. The molecule has 158 valence electrons. The van der Waals surface area contributed by atoms with Crippen molar-refractivity contribution in [2.24, 2.45) is 0 Å². The number of hydrogen-bond donors (Lipinski definition) is 1. The molecule has 1 amide bonds. The van der Waals surface area contributed by atoms with Crippen molar-refractivity contribution in [3.63, 3.8) is 0 Å². The number of aryl methyl sites for hydroxylation is 1. The third-order valence-electron chi connectivity index (χ3n) is 4.81. The van der Waals surface area contributed by atoms with E-state index < -0.39 is 22.9 Å². The summed E-state index contributed by atoms with van der Waals surface area (Å²) in [6, 6.07) is 11.4. The highest BCUT2D eigenvalue weighted by atomic mass is 16.6. The quantitative estimate of drug-likeness (QED) is 0.440. The van der Waals surface area contributed by atoms with Gasteiger partial charge >= 0.3 is 5.97 Å². The summed E-state index contributed by atoms with van der Waals surface area (Å²) in [5.41, 5.74) is 1.88. The van der Waals surface area contributed by atoms with Crippen LogP contribution in [0.3, 0.4) is 0 Å². The topological polar surface area (TPSA) is 111 Å². The van der Waals surface area contributed by atoms with Gasteiger partial charge in [-0.1, -0.05) is 6.07 Å². The van der Waals surface area contributed by atoms with Crippen LogP contribution in [0.4, 0.5) is 17.1 Å². The van der Waals surface area contributed by atoms with Gasteiger partial charge in [-0.3, -0.25) is 14.9 Å². The Balaban J connectivity index is 1.58. The zero-order valence-corrected chi connectivity index (χ0v) is 16.8. The average Bonchev–Trinajstić information content (AvgIpc) is 2.74. The minimum Gasteiger partial charge on any atom is -0.449 e. The number of rotatable bonds is 6. The predicted molar refractivity (Wildman–Crippen MR) is 111 cm³/mol. The van der Waals surface area contributed by atoms with Gasteiger partial charge in [0, 0.05) is 36.1 Å². The van der Waals surface area contributed by atoms with Crippen LogP contribution in [0.2, 0.25) is 0 Å². The van der Waals surface area contributed by atoms with Crippen LogP contribution >= 0.6 is 0 Å². The maximum Gasteiger partial charge on any atom is 0.339 e. The first-order valence-corrected chi connectivity index (χ1v) is 9.55. The van der Waals surface area contributed by atoms with E-state index in [-0.39, 0.29) is 11.3 Å². The first kappa shape index (κ1) is 21.3. The molecule has 1 atom stereocenters. The van der Waals surface area contributed by atoms with Crippen molar-refractivity contribution < 1.29 is 24.0 Å². The molecule has 0 unspecified atom stereocenters. The van der Waals surface area contributed by atoms with Crippen molar-refractivity contribution >= 4 is 28.9 Å². The van der Waals surface area contributed by atoms with E-state index >= 15 is 0 Å². The molecule has 1 heterocycles. The smallest absolute Gasteiger partial charge is 0.339 e. The van der Waals surface area contributed by atoms with Crippen molar-refractivity contribution in [2.75, 3.05) is 36.5 Å². The summed E-state index contributed by atoms with van der Waals surface area (Å²) in [5.74, 6) is -1.30. The third kappa shape index (κ3) is 5.12. The fourth-order valence-corrected chi connectivity index (χ4v) is 3.04.